The highest BCUT2D eigenvalue weighted by molar-refractivity contribution is 5.36. The minimum atomic E-state index is -0.479. The van der Waals surface area contributed by atoms with Crippen molar-refractivity contribution in [2.24, 2.45) is 0 Å². The van der Waals surface area contributed by atoms with Crippen LogP contribution in [0.3, 0.4) is 0 Å². The highest BCUT2D eigenvalue weighted by Gasteiger charge is 1.99. The standard InChI is InChI=1S/C5H4N2O2.C2H4O2/c8-7(9)5-2-1-3-6-4-5;1-4-2-3/h1-4H;2H,1H3. The lowest BCUT2D eigenvalue weighted by Gasteiger charge is -1.84. The van der Waals surface area contributed by atoms with Crippen LogP contribution in [0.5, 0.6) is 0 Å². The fraction of sp³-hybridized carbons (Fsp3) is 0.143. The molecule has 0 atom stereocenters. The fourth-order valence-corrected chi connectivity index (χ4v) is 0.462. The van der Waals surface area contributed by atoms with Gasteiger partial charge in [0.15, 0.2) is 0 Å². The predicted molar refractivity (Wildman–Crippen MR) is 44.0 cm³/mol. The van der Waals surface area contributed by atoms with Crippen molar-refractivity contribution in [3.8, 4) is 0 Å². The van der Waals surface area contributed by atoms with E-state index in [4.69, 9.17) is 4.79 Å². The van der Waals surface area contributed by atoms with Gasteiger partial charge < -0.3 is 4.74 Å². The third kappa shape index (κ3) is 5.31. The zero-order chi connectivity index (χ0) is 10.1. The van der Waals surface area contributed by atoms with Gasteiger partial charge in [-0.25, -0.2) is 0 Å². The number of pyridine rings is 1. The van der Waals surface area contributed by atoms with Crippen LogP contribution in [0.4, 0.5) is 5.69 Å². The number of nitrogens with zero attached hydrogens (tertiary/aromatic N) is 2. The Morgan fingerprint density at radius 1 is 1.69 bits per heavy atom. The van der Waals surface area contributed by atoms with E-state index in [1.54, 1.807) is 0 Å². The Balaban J connectivity index is 0.000000310. The first-order chi connectivity index (χ1) is 6.22. The molecule has 0 spiro atoms. The molecule has 0 amide bonds. The van der Waals surface area contributed by atoms with Gasteiger partial charge in [-0.2, -0.15) is 0 Å². The van der Waals surface area contributed by atoms with Crippen LogP contribution in [0.2, 0.25) is 0 Å². The summed E-state index contributed by atoms with van der Waals surface area (Å²) in [6.07, 6.45) is 2.70. The Hall–Kier alpha value is -1.98. The number of hydrogen-bond donors (Lipinski definition) is 0. The second-order valence-corrected chi connectivity index (χ2v) is 1.80. The third-order valence-electron chi connectivity index (χ3n) is 0.953. The highest BCUT2D eigenvalue weighted by atomic mass is 16.6. The van der Waals surface area contributed by atoms with Crippen LogP contribution in [0.15, 0.2) is 24.5 Å². The smallest absolute Gasteiger partial charge is 0.292 e. The summed E-state index contributed by atoms with van der Waals surface area (Å²) in [6.45, 7) is 0.375. The van der Waals surface area contributed by atoms with E-state index < -0.39 is 4.92 Å². The monoisotopic (exact) mass is 184 g/mol. The second-order valence-electron chi connectivity index (χ2n) is 1.80. The van der Waals surface area contributed by atoms with E-state index in [0.29, 0.717) is 6.47 Å². The molecule has 0 aromatic carbocycles. The van der Waals surface area contributed by atoms with Crippen LogP contribution in [-0.4, -0.2) is 23.5 Å². The molecule has 0 aliphatic heterocycles. The highest BCUT2D eigenvalue weighted by Crippen LogP contribution is 2.04. The molecule has 0 saturated carbocycles. The summed E-state index contributed by atoms with van der Waals surface area (Å²) in [5.41, 5.74) is 0.0255. The van der Waals surface area contributed by atoms with Gasteiger partial charge >= 0.3 is 0 Å². The van der Waals surface area contributed by atoms with Crippen LogP contribution in [0.25, 0.3) is 0 Å². The van der Waals surface area contributed by atoms with Crippen molar-refractivity contribution in [1.29, 1.82) is 0 Å². The Bertz CT molecular complexity index is 262. The minimum Gasteiger partial charge on any atom is -0.471 e. The Morgan fingerprint density at radius 3 is 2.54 bits per heavy atom. The quantitative estimate of drug-likeness (QED) is 0.385. The van der Waals surface area contributed by atoms with Gasteiger partial charge in [-0.15, -0.1) is 0 Å². The molecule has 1 rings (SSSR count). The van der Waals surface area contributed by atoms with E-state index in [9.17, 15) is 10.1 Å². The molecule has 0 saturated heterocycles. The van der Waals surface area contributed by atoms with Crippen LogP contribution < -0.4 is 0 Å². The predicted octanol–water partition coefficient (Wildman–Crippen LogP) is 0.779. The topological polar surface area (TPSA) is 82.3 Å². The lowest BCUT2D eigenvalue weighted by atomic mass is 10.4. The van der Waals surface area contributed by atoms with E-state index >= 15 is 0 Å². The van der Waals surface area contributed by atoms with E-state index in [1.807, 2.05) is 0 Å². The van der Waals surface area contributed by atoms with Crippen molar-refractivity contribution in [3.63, 3.8) is 0 Å². The maximum atomic E-state index is 9.97. The fourth-order valence-electron chi connectivity index (χ4n) is 0.462. The zero-order valence-corrected chi connectivity index (χ0v) is 6.91. The third-order valence-corrected chi connectivity index (χ3v) is 0.953. The largest absolute Gasteiger partial charge is 0.471 e. The maximum Gasteiger partial charge on any atom is 0.292 e. The summed E-state index contributed by atoms with van der Waals surface area (Å²) in [6, 6.07) is 2.92. The molecular formula is C7H8N2O4. The first-order valence-corrected chi connectivity index (χ1v) is 3.23. The number of rotatable bonds is 2. The molecule has 6 heteroatoms. The number of ether oxygens (including phenoxy) is 1. The van der Waals surface area contributed by atoms with Gasteiger partial charge in [0.25, 0.3) is 12.2 Å². The van der Waals surface area contributed by atoms with Crippen molar-refractivity contribution in [1.82, 2.24) is 4.98 Å². The van der Waals surface area contributed by atoms with Crippen LogP contribution in [0, 0.1) is 10.1 Å². The lowest BCUT2D eigenvalue weighted by molar-refractivity contribution is -0.385. The summed E-state index contributed by atoms with van der Waals surface area (Å²) in [7, 11) is 1.31. The van der Waals surface area contributed by atoms with Crippen molar-refractivity contribution in [3.05, 3.63) is 34.6 Å². The number of carbonyl (C=O) groups is 1. The number of methoxy groups -OCH3 is 1. The molecule has 0 aliphatic carbocycles. The Labute approximate surface area is 74.3 Å². The van der Waals surface area contributed by atoms with Crippen molar-refractivity contribution in [2.45, 2.75) is 0 Å². The normalized spacial score (nSPS) is 7.77. The van der Waals surface area contributed by atoms with Crippen LogP contribution in [-0.2, 0) is 9.53 Å². The molecule has 1 heterocycles. The SMILES string of the molecule is COC=O.O=[N+]([O-])c1cccnc1. The minimum absolute atomic E-state index is 0.0255. The first kappa shape index (κ1) is 11.0. The Kier molecular flexibility index (Phi) is 5.69. The van der Waals surface area contributed by atoms with Crippen LogP contribution in [0.1, 0.15) is 0 Å². The number of nitro groups is 1. The average Bonchev–Trinajstić information content (AvgIpc) is 2.19. The van der Waals surface area contributed by atoms with Crippen molar-refractivity contribution in [2.75, 3.05) is 7.11 Å². The van der Waals surface area contributed by atoms with Gasteiger partial charge in [0, 0.05) is 12.3 Å². The summed E-state index contributed by atoms with van der Waals surface area (Å²) in [5.74, 6) is 0. The Morgan fingerprint density at radius 2 is 2.31 bits per heavy atom. The van der Waals surface area contributed by atoms with E-state index in [1.165, 1.54) is 31.6 Å². The molecule has 0 fully saturated rings. The zero-order valence-electron chi connectivity index (χ0n) is 6.91. The lowest BCUT2D eigenvalue weighted by Crippen LogP contribution is -1.86. The average molecular weight is 184 g/mol. The molecule has 0 bridgehead atoms. The summed E-state index contributed by atoms with van der Waals surface area (Å²) in [4.78, 5) is 22.0. The second kappa shape index (κ2) is 6.71. The molecule has 1 aromatic rings. The molecule has 0 radical (unpaired) electrons. The molecular weight excluding hydrogens is 176 g/mol. The molecule has 0 unspecified atom stereocenters. The molecule has 0 N–H and O–H groups in total. The number of carbonyl (C=O) groups excluding carboxylic acids is 1. The summed E-state index contributed by atoms with van der Waals surface area (Å²) >= 11 is 0. The van der Waals surface area contributed by atoms with Gasteiger partial charge in [0.05, 0.1) is 12.0 Å². The maximum absolute atomic E-state index is 9.97. The van der Waals surface area contributed by atoms with E-state index in [-0.39, 0.29) is 5.69 Å². The first-order valence-electron chi connectivity index (χ1n) is 3.23. The van der Waals surface area contributed by atoms with E-state index in [0.717, 1.165) is 0 Å². The van der Waals surface area contributed by atoms with Gasteiger partial charge in [0.1, 0.15) is 6.20 Å². The van der Waals surface area contributed by atoms with Crippen molar-refractivity contribution >= 4 is 12.2 Å². The summed E-state index contributed by atoms with van der Waals surface area (Å²) < 4.78 is 3.86. The van der Waals surface area contributed by atoms with Crippen molar-refractivity contribution < 1.29 is 14.5 Å². The molecule has 70 valence electrons. The number of hydrogen-bond acceptors (Lipinski definition) is 5. The number of aromatic nitrogens is 1. The van der Waals surface area contributed by atoms with Gasteiger partial charge in [-0.1, -0.05) is 0 Å². The molecule has 13 heavy (non-hydrogen) atoms. The molecule has 1 aromatic heterocycles. The molecule has 0 aliphatic rings. The van der Waals surface area contributed by atoms with E-state index in [2.05, 4.69) is 9.72 Å². The van der Waals surface area contributed by atoms with Crippen LogP contribution >= 0.6 is 0 Å². The van der Waals surface area contributed by atoms with Gasteiger partial charge in [-0.05, 0) is 6.07 Å². The van der Waals surface area contributed by atoms with Gasteiger partial charge in [0.2, 0.25) is 0 Å². The summed E-state index contributed by atoms with van der Waals surface area (Å²) in [5, 5.41) is 9.97. The van der Waals surface area contributed by atoms with Gasteiger partial charge in [-0.3, -0.25) is 19.9 Å². The molecule has 6 nitrogen and oxygen atoms in total.